The fraction of sp³-hybridized carbons (Fsp3) is 0.250. The van der Waals surface area contributed by atoms with E-state index in [9.17, 15) is 4.79 Å². The van der Waals surface area contributed by atoms with Gasteiger partial charge in [0, 0.05) is 30.2 Å². The molecule has 0 fully saturated rings. The Morgan fingerprint density at radius 1 is 1.12 bits per heavy atom. The van der Waals surface area contributed by atoms with Crippen LogP contribution in [0.1, 0.15) is 31.0 Å². The standard InChI is InChI=1S/C20H22N4O/c1-15(2)18-9-8-17(12-22-18)19-13-24(14-23-19)20(25)21-11-10-16-6-4-3-5-7-16/h3-9,12-15H,10-11H2,1-2H3,(H,21,25). The Morgan fingerprint density at radius 2 is 1.92 bits per heavy atom. The minimum Gasteiger partial charge on any atom is -0.337 e. The quantitative estimate of drug-likeness (QED) is 0.770. The molecule has 1 N–H and O–H groups in total. The van der Waals surface area contributed by atoms with E-state index in [-0.39, 0.29) is 6.03 Å². The Balaban J connectivity index is 1.59. The van der Waals surface area contributed by atoms with E-state index < -0.39 is 0 Å². The number of nitrogens with one attached hydrogen (secondary N) is 1. The average molecular weight is 334 g/mol. The van der Waals surface area contributed by atoms with Crippen LogP contribution >= 0.6 is 0 Å². The Labute approximate surface area is 147 Å². The molecular weight excluding hydrogens is 312 g/mol. The van der Waals surface area contributed by atoms with Crippen molar-refractivity contribution in [2.45, 2.75) is 26.2 Å². The van der Waals surface area contributed by atoms with Gasteiger partial charge in [0.2, 0.25) is 0 Å². The molecule has 5 heteroatoms. The predicted molar refractivity (Wildman–Crippen MR) is 98.5 cm³/mol. The van der Waals surface area contributed by atoms with Crippen LogP contribution in [0, 0.1) is 0 Å². The number of rotatable bonds is 5. The van der Waals surface area contributed by atoms with Crippen molar-refractivity contribution in [3.63, 3.8) is 0 Å². The highest BCUT2D eigenvalue weighted by atomic mass is 16.2. The second kappa shape index (κ2) is 7.75. The number of carbonyl (C=O) groups is 1. The first-order valence-electron chi connectivity index (χ1n) is 8.46. The van der Waals surface area contributed by atoms with Gasteiger partial charge in [0.15, 0.2) is 0 Å². The van der Waals surface area contributed by atoms with E-state index in [0.29, 0.717) is 12.5 Å². The number of hydrogen-bond donors (Lipinski definition) is 1. The molecule has 0 spiro atoms. The van der Waals surface area contributed by atoms with Gasteiger partial charge in [-0.15, -0.1) is 0 Å². The second-order valence-corrected chi connectivity index (χ2v) is 6.26. The first-order chi connectivity index (χ1) is 12.1. The first kappa shape index (κ1) is 16.9. The summed E-state index contributed by atoms with van der Waals surface area (Å²) in [5.74, 6) is 0.391. The van der Waals surface area contributed by atoms with Crippen molar-refractivity contribution in [1.29, 1.82) is 0 Å². The number of benzene rings is 1. The maximum atomic E-state index is 12.2. The summed E-state index contributed by atoms with van der Waals surface area (Å²) in [6.07, 6.45) is 5.86. The minimum atomic E-state index is -0.179. The monoisotopic (exact) mass is 334 g/mol. The highest BCUT2D eigenvalue weighted by molar-refractivity contribution is 5.77. The Bertz CT molecular complexity index is 822. The number of aromatic nitrogens is 3. The van der Waals surface area contributed by atoms with Gasteiger partial charge in [-0.25, -0.2) is 9.78 Å². The van der Waals surface area contributed by atoms with Crippen LogP contribution in [0.2, 0.25) is 0 Å². The highest BCUT2D eigenvalue weighted by Gasteiger charge is 2.09. The number of hydrogen-bond acceptors (Lipinski definition) is 3. The summed E-state index contributed by atoms with van der Waals surface area (Å²) in [6.45, 7) is 4.80. The predicted octanol–water partition coefficient (Wildman–Crippen LogP) is 3.87. The third kappa shape index (κ3) is 4.32. The summed E-state index contributed by atoms with van der Waals surface area (Å²) in [5, 5.41) is 2.90. The Kier molecular flexibility index (Phi) is 5.23. The Hall–Kier alpha value is -2.95. The van der Waals surface area contributed by atoms with Gasteiger partial charge >= 0.3 is 6.03 Å². The number of carbonyl (C=O) groups excluding carboxylic acids is 1. The van der Waals surface area contributed by atoms with Gasteiger partial charge in [-0.2, -0.15) is 0 Å². The minimum absolute atomic E-state index is 0.179. The molecule has 0 aliphatic rings. The topological polar surface area (TPSA) is 59.8 Å². The fourth-order valence-corrected chi connectivity index (χ4v) is 2.53. The summed E-state index contributed by atoms with van der Waals surface area (Å²) in [7, 11) is 0. The maximum absolute atomic E-state index is 12.2. The van der Waals surface area contributed by atoms with Crippen molar-refractivity contribution in [1.82, 2.24) is 19.9 Å². The van der Waals surface area contributed by atoms with E-state index in [0.717, 1.165) is 23.4 Å². The van der Waals surface area contributed by atoms with Gasteiger partial charge in [-0.3, -0.25) is 9.55 Å². The van der Waals surface area contributed by atoms with E-state index in [1.807, 2.05) is 30.3 Å². The second-order valence-electron chi connectivity index (χ2n) is 6.26. The summed E-state index contributed by atoms with van der Waals surface area (Å²) in [4.78, 5) is 21.0. The van der Waals surface area contributed by atoms with Crippen LogP contribution < -0.4 is 5.32 Å². The normalized spacial score (nSPS) is 10.8. The number of pyridine rings is 1. The molecule has 2 heterocycles. The summed E-state index contributed by atoms with van der Waals surface area (Å²) < 4.78 is 1.47. The van der Waals surface area contributed by atoms with Crippen molar-refractivity contribution in [2.75, 3.05) is 6.54 Å². The smallest absolute Gasteiger partial charge is 0.326 e. The van der Waals surface area contributed by atoms with Gasteiger partial charge in [0.25, 0.3) is 0 Å². The molecule has 0 radical (unpaired) electrons. The zero-order valence-corrected chi connectivity index (χ0v) is 14.5. The third-order valence-electron chi connectivity index (χ3n) is 4.02. The Morgan fingerprint density at radius 3 is 2.60 bits per heavy atom. The molecule has 3 aromatic rings. The van der Waals surface area contributed by atoms with Gasteiger partial charge < -0.3 is 5.32 Å². The molecule has 128 valence electrons. The van der Waals surface area contributed by atoms with Crippen molar-refractivity contribution in [2.24, 2.45) is 0 Å². The van der Waals surface area contributed by atoms with Gasteiger partial charge in [-0.1, -0.05) is 44.2 Å². The molecule has 2 aromatic heterocycles. The maximum Gasteiger partial charge on any atom is 0.326 e. The molecule has 25 heavy (non-hydrogen) atoms. The zero-order valence-electron chi connectivity index (χ0n) is 14.5. The van der Waals surface area contributed by atoms with E-state index in [1.54, 1.807) is 12.4 Å². The first-order valence-corrected chi connectivity index (χ1v) is 8.46. The molecular formula is C20H22N4O. The zero-order chi connectivity index (χ0) is 17.6. The molecule has 0 bridgehead atoms. The lowest BCUT2D eigenvalue weighted by atomic mass is 10.1. The molecule has 1 amide bonds. The molecule has 1 aromatic carbocycles. The van der Waals surface area contributed by atoms with Crippen molar-refractivity contribution in [3.05, 3.63) is 72.4 Å². The van der Waals surface area contributed by atoms with E-state index >= 15 is 0 Å². The summed E-state index contributed by atoms with van der Waals surface area (Å²) in [6, 6.07) is 13.9. The number of amides is 1. The molecule has 0 saturated carbocycles. The van der Waals surface area contributed by atoms with Crippen molar-refractivity contribution >= 4 is 6.03 Å². The number of nitrogens with zero attached hydrogens (tertiary/aromatic N) is 3. The summed E-state index contributed by atoms with van der Waals surface area (Å²) >= 11 is 0. The van der Waals surface area contributed by atoms with E-state index in [1.165, 1.54) is 16.5 Å². The van der Waals surface area contributed by atoms with Crippen molar-refractivity contribution < 1.29 is 4.79 Å². The van der Waals surface area contributed by atoms with Gasteiger partial charge in [0.05, 0.1) is 5.69 Å². The third-order valence-corrected chi connectivity index (χ3v) is 4.02. The van der Waals surface area contributed by atoms with Gasteiger partial charge in [0.1, 0.15) is 6.33 Å². The van der Waals surface area contributed by atoms with Crippen LogP contribution in [0.4, 0.5) is 4.79 Å². The van der Waals surface area contributed by atoms with E-state index in [4.69, 9.17) is 0 Å². The number of imidazole rings is 1. The lowest BCUT2D eigenvalue weighted by Gasteiger charge is -2.05. The average Bonchev–Trinajstić information content (AvgIpc) is 3.13. The molecule has 0 unspecified atom stereocenters. The highest BCUT2D eigenvalue weighted by Crippen LogP contribution is 2.18. The van der Waals surface area contributed by atoms with Gasteiger partial charge in [-0.05, 0) is 30.0 Å². The lowest BCUT2D eigenvalue weighted by Crippen LogP contribution is -2.29. The van der Waals surface area contributed by atoms with Crippen LogP contribution in [0.25, 0.3) is 11.3 Å². The summed E-state index contributed by atoms with van der Waals surface area (Å²) in [5.41, 5.74) is 3.88. The van der Waals surface area contributed by atoms with Crippen molar-refractivity contribution in [3.8, 4) is 11.3 Å². The molecule has 0 aliphatic carbocycles. The lowest BCUT2D eigenvalue weighted by molar-refractivity contribution is 0.242. The van der Waals surface area contributed by atoms with Crippen LogP contribution in [0.15, 0.2) is 61.2 Å². The van der Waals surface area contributed by atoms with Crippen LogP contribution in [0.3, 0.4) is 0 Å². The molecule has 3 rings (SSSR count). The molecule has 0 aliphatic heterocycles. The van der Waals surface area contributed by atoms with E-state index in [2.05, 4.69) is 41.3 Å². The molecule has 0 saturated heterocycles. The fourth-order valence-electron chi connectivity index (χ4n) is 2.53. The molecule has 5 nitrogen and oxygen atoms in total. The van der Waals surface area contributed by atoms with Crippen LogP contribution in [-0.4, -0.2) is 27.1 Å². The van der Waals surface area contributed by atoms with Crippen LogP contribution in [0.5, 0.6) is 0 Å². The van der Waals surface area contributed by atoms with Crippen LogP contribution in [-0.2, 0) is 6.42 Å². The molecule has 0 atom stereocenters. The largest absolute Gasteiger partial charge is 0.337 e. The SMILES string of the molecule is CC(C)c1ccc(-c2cn(C(=O)NCCc3ccccc3)cn2)cn1.